The minimum Gasteiger partial charge on any atom is -0.378 e. The number of benzene rings is 2. The number of morpholine rings is 1. The quantitative estimate of drug-likeness (QED) is 0.593. The summed E-state index contributed by atoms with van der Waals surface area (Å²) in [5, 5.41) is 12.1. The summed E-state index contributed by atoms with van der Waals surface area (Å²) in [5.74, 6) is 0.712. The molecule has 0 saturated carbocycles. The van der Waals surface area contributed by atoms with Gasteiger partial charge in [-0.2, -0.15) is 0 Å². The molecule has 1 aliphatic rings. The van der Waals surface area contributed by atoms with Crippen molar-refractivity contribution in [1.82, 2.24) is 14.8 Å². The first-order valence-corrected chi connectivity index (χ1v) is 11.2. The van der Waals surface area contributed by atoms with E-state index in [-0.39, 0.29) is 5.91 Å². The molecule has 1 N–H and O–H groups in total. The second-order valence-electron chi connectivity index (χ2n) is 7.72. The Morgan fingerprint density at radius 1 is 1.06 bits per heavy atom. The molecule has 3 aromatic rings. The van der Waals surface area contributed by atoms with Crippen LogP contribution >= 0.6 is 11.8 Å². The van der Waals surface area contributed by atoms with Gasteiger partial charge in [0.2, 0.25) is 11.9 Å². The van der Waals surface area contributed by atoms with E-state index in [2.05, 4.69) is 26.5 Å². The molecule has 1 saturated heterocycles. The van der Waals surface area contributed by atoms with Gasteiger partial charge >= 0.3 is 0 Å². The Bertz CT molecular complexity index is 1030. The van der Waals surface area contributed by atoms with Crippen molar-refractivity contribution >= 4 is 29.3 Å². The summed E-state index contributed by atoms with van der Waals surface area (Å²) in [5.41, 5.74) is 3.95. The highest BCUT2D eigenvalue weighted by atomic mass is 32.2. The van der Waals surface area contributed by atoms with Crippen LogP contribution in [-0.4, -0.2) is 47.0 Å². The van der Waals surface area contributed by atoms with Crippen LogP contribution in [0.25, 0.3) is 0 Å². The zero-order valence-electron chi connectivity index (χ0n) is 18.0. The molecule has 1 aromatic heterocycles. The normalized spacial score (nSPS) is 15.0. The van der Waals surface area contributed by atoms with Gasteiger partial charge < -0.3 is 15.0 Å². The lowest BCUT2D eigenvalue weighted by Crippen LogP contribution is -2.37. The summed E-state index contributed by atoms with van der Waals surface area (Å²) in [4.78, 5) is 15.5. The summed E-state index contributed by atoms with van der Waals surface area (Å²) in [6.45, 7) is 6.98. The third-order valence-corrected chi connectivity index (χ3v) is 6.45. The largest absolute Gasteiger partial charge is 0.378 e. The Morgan fingerprint density at radius 3 is 2.42 bits per heavy atom. The van der Waals surface area contributed by atoms with E-state index >= 15 is 0 Å². The van der Waals surface area contributed by atoms with Gasteiger partial charge in [0, 0.05) is 25.8 Å². The Labute approximate surface area is 186 Å². The second kappa shape index (κ2) is 9.53. The first kappa shape index (κ1) is 21.4. The first-order chi connectivity index (χ1) is 15.0. The smallest absolute Gasteiger partial charge is 0.242 e. The molecule has 8 heteroatoms. The van der Waals surface area contributed by atoms with E-state index < -0.39 is 5.25 Å². The number of hydrogen-bond donors (Lipinski definition) is 1. The predicted molar refractivity (Wildman–Crippen MR) is 124 cm³/mol. The third-order valence-electron chi connectivity index (χ3n) is 5.16. The number of nitrogens with zero attached hydrogens (tertiary/aromatic N) is 4. The number of carbonyl (C=O) groups excluding carboxylic acids is 1. The topological polar surface area (TPSA) is 72.3 Å². The highest BCUT2D eigenvalue weighted by Crippen LogP contribution is 2.36. The van der Waals surface area contributed by atoms with E-state index in [4.69, 9.17) is 4.74 Å². The zero-order valence-corrected chi connectivity index (χ0v) is 18.9. The van der Waals surface area contributed by atoms with Crippen molar-refractivity contribution in [2.75, 3.05) is 36.5 Å². The molecule has 162 valence electrons. The lowest BCUT2D eigenvalue weighted by atomic mass is 10.1. The van der Waals surface area contributed by atoms with Crippen LogP contribution in [0.1, 0.15) is 21.9 Å². The van der Waals surface area contributed by atoms with Crippen LogP contribution in [0, 0.1) is 13.8 Å². The molecule has 0 bridgehead atoms. The zero-order chi connectivity index (χ0) is 21.8. The SMILES string of the molecule is Cc1cc(C)cc(NC(=O)C(Sc2nnc(N3CCOCC3)n2C)c2ccccc2)c1. The molecule has 0 spiro atoms. The molecule has 7 nitrogen and oxygen atoms in total. The summed E-state index contributed by atoms with van der Waals surface area (Å²) < 4.78 is 7.39. The van der Waals surface area contributed by atoms with Crippen LogP contribution in [0.4, 0.5) is 11.6 Å². The molecule has 2 aromatic carbocycles. The molecule has 0 radical (unpaired) electrons. The lowest BCUT2D eigenvalue weighted by molar-refractivity contribution is -0.115. The average Bonchev–Trinajstić information content (AvgIpc) is 3.12. The van der Waals surface area contributed by atoms with Crippen molar-refractivity contribution in [1.29, 1.82) is 0 Å². The molecular formula is C23H27N5O2S. The van der Waals surface area contributed by atoms with E-state index in [1.807, 2.05) is 67.9 Å². The summed E-state index contributed by atoms with van der Waals surface area (Å²) >= 11 is 1.41. The maximum Gasteiger partial charge on any atom is 0.242 e. The van der Waals surface area contributed by atoms with E-state index in [0.717, 1.165) is 41.4 Å². The second-order valence-corrected chi connectivity index (χ2v) is 8.79. The van der Waals surface area contributed by atoms with Gasteiger partial charge in [-0.1, -0.05) is 48.2 Å². The molecule has 1 unspecified atom stereocenters. The number of aromatic nitrogens is 3. The molecule has 0 aliphatic carbocycles. The molecule has 1 atom stereocenters. The van der Waals surface area contributed by atoms with Crippen molar-refractivity contribution in [3.8, 4) is 0 Å². The van der Waals surface area contributed by atoms with E-state index in [1.165, 1.54) is 11.8 Å². The van der Waals surface area contributed by atoms with E-state index in [1.54, 1.807) is 0 Å². The highest BCUT2D eigenvalue weighted by molar-refractivity contribution is 8.00. The van der Waals surface area contributed by atoms with E-state index in [9.17, 15) is 4.79 Å². The van der Waals surface area contributed by atoms with Crippen molar-refractivity contribution in [2.45, 2.75) is 24.3 Å². The number of thioether (sulfide) groups is 1. The van der Waals surface area contributed by atoms with Gasteiger partial charge in [0.15, 0.2) is 5.16 Å². The number of ether oxygens (including phenoxy) is 1. The number of anilines is 2. The van der Waals surface area contributed by atoms with Crippen LogP contribution in [0.5, 0.6) is 0 Å². The first-order valence-electron chi connectivity index (χ1n) is 10.3. The van der Waals surface area contributed by atoms with Gasteiger partial charge in [-0.3, -0.25) is 9.36 Å². The molecule has 31 heavy (non-hydrogen) atoms. The van der Waals surface area contributed by atoms with Gasteiger partial charge in [-0.25, -0.2) is 0 Å². The Balaban J connectivity index is 1.59. The van der Waals surface area contributed by atoms with Crippen LogP contribution in [0.2, 0.25) is 0 Å². The molecule has 1 aliphatic heterocycles. The number of rotatable bonds is 6. The van der Waals surface area contributed by atoms with Gasteiger partial charge in [0.1, 0.15) is 5.25 Å². The van der Waals surface area contributed by atoms with Crippen molar-refractivity contribution in [3.63, 3.8) is 0 Å². The van der Waals surface area contributed by atoms with Crippen molar-refractivity contribution < 1.29 is 9.53 Å². The van der Waals surface area contributed by atoms with Gasteiger partial charge in [-0.05, 0) is 42.7 Å². The highest BCUT2D eigenvalue weighted by Gasteiger charge is 2.26. The Hall–Kier alpha value is -2.84. The minimum absolute atomic E-state index is 0.0860. The van der Waals surface area contributed by atoms with Crippen LogP contribution in [-0.2, 0) is 16.6 Å². The van der Waals surface area contributed by atoms with Gasteiger partial charge in [-0.15, -0.1) is 10.2 Å². The third kappa shape index (κ3) is 5.08. The minimum atomic E-state index is -0.456. The molecule has 2 heterocycles. The molecular weight excluding hydrogens is 410 g/mol. The van der Waals surface area contributed by atoms with E-state index in [0.29, 0.717) is 18.4 Å². The number of carbonyl (C=O) groups is 1. The number of aryl methyl sites for hydroxylation is 2. The Morgan fingerprint density at radius 2 is 1.74 bits per heavy atom. The number of hydrogen-bond acceptors (Lipinski definition) is 6. The molecule has 4 rings (SSSR count). The lowest BCUT2D eigenvalue weighted by Gasteiger charge is -2.27. The number of amides is 1. The fraction of sp³-hybridized carbons (Fsp3) is 0.348. The standard InChI is InChI=1S/C23H27N5O2S/c1-16-13-17(2)15-19(14-16)24-21(29)20(18-7-5-4-6-8-18)31-23-26-25-22(27(23)3)28-9-11-30-12-10-28/h4-8,13-15,20H,9-12H2,1-3H3,(H,24,29). The predicted octanol–water partition coefficient (Wildman–Crippen LogP) is 3.74. The van der Waals surface area contributed by atoms with Crippen LogP contribution in [0.3, 0.4) is 0 Å². The maximum atomic E-state index is 13.3. The average molecular weight is 438 g/mol. The van der Waals surface area contributed by atoms with Crippen LogP contribution < -0.4 is 10.2 Å². The molecule has 1 fully saturated rings. The van der Waals surface area contributed by atoms with Gasteiger partial charge in [0.25, 0.3) is 0 Å². The summed E-state index contributed by atoms with van der Waals surface area (Å²) in [6, 6.07) is 15.8. The Kier molecular flexibility index (Phi) is 6.58. The summed E-state index contributed by atoms with van der Waals surface area (Å²) in [6.07, 6.45) is 0. The number of nitrogens with one attached hydrogen (secondary N) is 1. The fourth-order valence-corrected chi connectivity index (χ4v) is 4.71. The van der Waals surface area contributed by atoms with Gasteiger partial charge in [0.05, 0.1) is 13.2 Å². The maximum absolute atomic E-state index is 13.3. The van der Waals surface area contributed by atoms with Crippen molar-refractivity contribution in [2.24, 2.45) is 7.05 Å². The fourth-order valence-electron chi connectivity index (χ4n) is 3.71. The van der Waals surface area contributed by atoms with Crippen molar-refractivity contribution in [3.05, 3.63) is 65.2 Å². The molecule has 1 amide bonds. The van der Waals surface area contributed by atoms with Crippen LogP contribution in [0.15, 0.2) is 53.7 Å². The summed E-state index contributed by atoms with van der Waals surface area (Å²) in [7, 11) is 1.94. The monoisotopic (exact) mass is 437 g/mol.